The molecule has 0 fully saturated rings. The Kier molecular flexibility index (Phi) is 61.1. The van der Waals surface area contributed by atoms with Gasteiger partial charge in [-0.3, -0.25) is 14.4 Å². The second-order valence-electron chi connectivity index (χ2n) is 22.4. The van der Waals surface area contributed by atoms with Crippen LogP contribution in [0.15, 0.2) is 36.5 Å². The summed E-state index contributed by atoms with van der Waals surface area (Å²) in [7, 11) is 0. The molecular weight excluding hydrogens is 913 g/mol. The molecule has 0 N–H and O–H groups in total. The summed E-state index contributed by atoms with van der Waals surface area (Å²) < 4.78 is 16.8. The predicted molar refractivity (Wildman–Crippen MR) is 321 cm³/mol. The Hall–Kier alpha value is -2.37. The van der Waals surface area contributed by atoms with Crippen LogP contribution in [0.25, 0.3) is 0 Å². The highest BCUT2D eigenvalue weighted by Crippen LogP contribution is 2.18. The molecule has 0 heterocycles. The number of rotatable bonds is 61. The van der Waals surface area contributed by atoms with Gasteiger partial charge >= 0.3 is 17.9 Å². The Morgan fingerprint density at radius 3 is 0.824 bits per heavy atom. The summed E-state index contributed by atoms with van der Waals surface area (Å²) in [4.78, 5) is 38.0. The fraction of sp³-hybridized carbons (Fsp3) is 0.868. The summed E-state index contributed by atoms with van der Waals surface area (Å²) in [6.07, 6.45) is 77.8. The van der Waals surface area contributed by atoms with E-state index in [9.17, 15) is 14.4 Å². The largest absolute Gasteiger partial charge is 0.462 e. The predicted octanol–water partition coefficient (Wildman–Crippen LogP) is 22.4. The summed E-state index contributed by atoms with van der Waals surface area (Å²) in [5.41, 5.74) is 0. The van der Waals surface area contributed by atoms with Crippen molar-refractivity contribution >= 4 is 17.9 Å². The Labute approximate surface area is 461 Å². The monoisotopic (exact) mass is 1040 g/mol. The van der Waals surface area contributed by atoms with Crippen LogP contribution in [-0.2, 0) is 28.6 Å². The lowest BCUT2D eigenvalue weighted by Crippen LogP contribution is -2.30. The van der Waals surface area contributed by atoms with Crippen molar-refractivity contribution in [3.8, 4) is 0 Å². The van der Waals surface area contributed by atoms with Crippen molar-refractivity contribution in [2.75, 3.05) is 13.2 Å². The highest BCUT2D eigenvalue weighted by molar-refractivity contribution is 5.71. The maximum absolute atomic E-state index is 12.8. The number of hydrogen-bond donors (Lipinski definition) is 0. The van der Waals surface area contributed by atoms with Gasteiger partial charge in [0.25, 0.3) is 0 Å². The molecule has 0 bridgehead atoms. The standard InChI is InChI=1S/C68H126O6/c1-4-7-10-13-16-19-21-23-24-25-26-27-28-29-30-31-32-33-34-35-36-37-38-39-40-41-42-43-45-46-49-52-55-58-61-67(70)73-64-65(63-72-66(69)60-57-54-51-48-18-15-12-9-6-3)74-68(71)62-59-56-53-50-47-44-22-20-17-14-11-8-5-2/h8,11,17,20,44,47,65H,4-7,9-10,12-16,18-19,21-43,45-46,48-64H2,1-3H3/b11-8-,20-17-,47-44-. The topological polar surface area (TPSA) is 78.9 Å². The number of esters is 3. The third kappa shape index (κ3) is 60.5. The van der Waals surface area contributed by atoms with E-state index in [-0.39, 0.29) is 31.1 Å². The molecule has 0 aliphatic rings. The van der Waals surface area contributed by atoms with Gasteiger partial charge in [0.15, 0.2) is 6.10 Å². The van der Waals surface area contributed by atoms with E-state index in [0.29, 0.717) is 19.3 Å². The minimum absolute atomic E-state index is 0.0797. The average molecular weight is 1040 g/mol. The molecule has 0 aromatic rings. The Morgan fingerprint density at radius 2 is 0.527 bits per heavy atom. The maximum atomic E-state index is 12.8. The number of ether oxygens (including phenoxy) is 3. The van der Waals surface area contributed by atoms with E-state index in [0.717, 1.165) is 83.5 Å². The van der Waals surface area contributed by atoms with Gasteiger partial charge in [0.2, 0.25) is 0 Å². The normalized spacial score (nSPS) is 12.2. The zero-order valence-electron chi connectivity index (χ0n) is 49.9. The lowest BCUT2D eigenvalue weighted by molar-refractivity contribution is -0.167. The summed E-state index contributed by atoms with van der Waals surface area (Å²) in [5.74, 6) is -0.894. The van der Waals surface area contributed by atoms with Crippen molar-refractivity contribution in [3.63, 3.8) is 0 Å². The molecule has 0 spiro atoms. The van der Waals surface area contributed by atoms with Crippen LogP contribution in [0.1, 0.15) is 361 Å². The number of unbranched alkanes of at least 4 members (excludes halogenated alkanes) is 44. The zero-order valence-corrected chi connectivity index (χ0v) is 49.9. The second-order valence-corrected chi connectivity index (χ2v) is 22.4. The molecule has 6 heteroatoms. The van der Waals surface area contributed by atoms with Gasteiger partial charge in [-0.2, -0.15) is 0 Å². The van der Waals surface area contributed by atoms with Gasteiger partial charge in [0.1, 0.15) is 13.2 Å². The average Bonchev–Trinajstić information content (AvgIpc) is 3.40. The maximum Gasteiger partial charge on any atom is 0.306 e. The lowest BCUT2D eigenvalue weighted by Gasteiger charge is -2.18. The quantitative estimate of drug-likeness (QED) is 0.0261. The van der Waals surface area contributed by atoms with E-state index < -0.39 is 6.10 Å². The summed E-state index contributed by atoms with van der Waals surface area (Å²) in [6.45, 7) is 6.53. The van der Waals surface area contributed by atoms with Gasteiger partial charge in [-0.1, -0.05) is 327 Å². The molecule has 0 saturated carbocycles. The number of hydrogen-bond acceptors (Lipinski definition) is 6. The summed E-state index contributed by atoms with van der Waals surface area (Å²) in [6, 6.07) is 0. The van der Waals surface area contributed by atoms with Crippen LogP contribution in [0.3, 0.4) is 0 Å². The molecule has 0 saturated heterocycles. The molecule has 0 amide bonds. The van der Waals surface area contributed by atoms with Crippen molar-refractivity contribution in [2.24, 2.45) is 0 Å². The van der Waals surface area contributed by atoms with Gasteiger partial charge < -0.3 is 14.2 Å². The first-order chi connectivity index (χ1) is 36.5. The molecule has 6 nitrogen and oxygen atoms in total. The Morgan fingerprint density at radius 1 is 0.284 bits per heavy atom. The smallest absolute Gasteiger partial charge is 0.306 e. The molecule has 0 aromatic heterocycles. The number of carbonyl (C=O) groups excluding carboxylic acids is 3. The van der Waals surface area contributed by atoms with Gasteiger partial charge in [0, 0.05) is 19.3 Å². The van der Waals surface area contributed by atoms with Crippen molar-refractivity contribution in [1.29, 1.82) is 0 Å². The first-order valence-electron chi connectivity index (χ1n) is 33.0. The first kappa shape index (κ1) is 71.6. The first-order valence-corrected chi connectivity index (χ1v) is 33.0. The van der Waals surface area contributed by atoms with E-state index in [4.69, 9.17) is 14.2 Å². The van der Waals surface area contributed by atoms with Gasteiger partial charge in [0.05, 0.1) is 0 Å². The van der Waals surface area contributed by atoms with Crippen molar-refractivity contribution < 1.29 is 28.6 Å². The molecule has 434 valence electrons. The Bertz CT molecular complexity index is 1240. The molecule has 0 radical (unpaired) electrons. The second kappa shape index (κ2) is 63.2. The molecular formula is C68H126O6. The van der Waals surface area contributed by atoms with Crippen molar-refractivity contribution in [2.45, 2.75) is 367 Å². The fourth-order valence-electron chi connectivity index (χ4n) is 9.99. The SMILES string of the molecule is CC/C=C\C/C=C\C/C=C\CCCCCC(=O)OC(COC(=O)CCCCCCCCCCC)COC(=O)CCCCCCCCCCCCCCCCCCCCCCCCCCCCCCCCCCCC. The van der Waals surface area contributed by atoms with Crippen LogP contribution in [-0.4, -0.2) is 37.2 Å². The van der Waals surface area contributed by atoms with Crippen molar-refractivity contribution in [3.05, 3.63) is 36.5 Å². The van der Waals surface area contributed by atoms with E-state index in [1.165, 1.54) is 238 Å². The minimum Gasteiger partial charge on any atom is -0.462 e. The van der Waals surface area contributed by atoms with E-state index in [1.807, 2.05) is 0 Å². The van der Waals surface area contributed by atoms with Gasteiger partial charge in [-0.05, 0) is 51.4 Å². The molecule has 1 unspecified atom stereocenters. The van der Waals surface area contributed by atoms with Crippen LogP contribution in [0.4, 0.5) is 0 Å². The molecule has 74 heavy (non-hydrogen) atoms. The highest BCUT2D eigenvalue weighted by Gasteiger charge is 2.19. The van der Waals surface area contributed by atoms with Crippen LogP contribution in [0.5, 0.6) is 0 Å². The minimum atomic E-state index is -0.782. The summed E-state index contributed by atoms with van der Waals surface area (Å²) >= 11 is 0. The lowest BCUT2D eigenvalue weighted by atomic mass is 10.0. The van der Waals surface area contributed by atoms with E-state index >= 15 is 0 Å². The molecule has 0 aromatic carbocycles. The van der Waals surface area contributed by atoms with E-state index in [1.54, 1.807) is 0 Å². The summed E-state index contributed by atoms with van der Waals surface area (Å²) in [5, 5.41) is 0. The fourth-order valence-corrected chi connectivity index (χ4v) is 9.99. The highest BCUT2D eigenvalue weighted by atomic mass is 16.6. The Balaban J connectivity index is 3.95. The van der Waals surface area contributed by atoms with Crippen LogP contribution < -0.4 is 0 Å². The van der Waals surface area contributed by atoms with Crippen LogP contribution >= 0.6 is 0 Å². The van der Waals surface area contributed by atoms with Crippen LogP contribution in [0, 0.1) is 0 Å². The van der Waals surface area contributed by atoms with E-state index in [2.05, 4.69) is 57.2 Å². The van der Waals surface area contributed by atoms with Crippen LogP contribution in [0.2, 0.25) is 0 Å². The number of allylic oxidation sites excluding steroid dienone is 6. The zero-order chi connectivity index (χ0) is 53.6. The van der Waals surface area contributed by atoms with Gasteiger partial charge in [-0.25, -0.2) is 0 Å². The molecule has 0 aliphatic heterocycles. The van der Waals surface area contributed by atoms with Gasteiger partial charge in [-0.15, -0.1) is 0 Å². The van der Waals surface area contributed by atoms with Crippen molar-refractivity contribution in [1.82, 2.24) is 0 Å². The third-order valence-corrected chi connectivity index (χ3v) is 14.9. The molecule has 0 rings (SSSR count). The number of carbonyl (C=O) groups is 3. The molecule has 1 atom stereocenters. The third-order valence-electron chi connectivity index (χ3n) is 14.9. The molecule has 0 aliphatic carbocycles.